The summed E-state index contributed by atoms with van der Waals surface area (Å²) >= 11 is 0. The molecule has 0 amide bonds. The second-order valence-corrected chi connectivity index (χ2v) is 2.70. The molecule has 1 aliphatic rings. The SMILES string of the molecule is CCC1NCCN1CCN. The first-order valence-corrected chi connectivity index (χ1v) is 4.06. The summed E-state index contributed by atoms with van der Waals surface area (Å²) in [5, 5.41) is 3.41. The molecule has 1 heterocycles. The molecule has 0 aromatic heterocycles. The number of rotatable bonds is 3. The molecule has 3 N–H and O–H groups in total. The van der Waals surface area contributed by atoms with Crippen LogP contribution in [0.5, 0.6) is 0 Å². The van der Waals surface area contributed by atoms with Gasteiger partial charge in [0.05, 0.1) is 6.17 Å². The van der Waals surface area contributed by atoms with Gasteiger partial charge in [-0.1, -0.05) is 6.92 Å². The first kappa shape index (κ1) is 7.98. The van der Waals surface area contributed by atoms with Gasteiger partial charge in [-0.2, -0.15) is 0 Å². The van der Waals surface area contributed by atoms with Gasteiger partial charge in [0, 0.05) is 26.2 Å². The highest BCUT2D eigenvalue weighted by atomic mass is 15.3. The lowest BCUT2D eigenvalue weighted by molar-refractivity contribution is 0.242. The Kier molecular flexibility index (Phi) is 3.12. The van der Waals surface area contributed by atoms with Crippen molar-refractivity contribution in [3.8, 4) is 0 Å². The van der Waals surface area contributed by atoms with Crippen molar-refractivity contribution in [1.29, 1.82) is 0 Å². The molecule has 1 atom stereocenters. The van der Waals surface area contributed by atoms with E-state index in [2.05, 4.69) is 17.1 Å². The lowest BCUT2D eigenvalue weighted by Gasteiger charge is -2.21. The van der Waals surface area contributed by atoms with Crippen LogP contribution in [0.3, 0.4) is 0 Å². The molecule has 0 spiro atoms. The van der Waals surface area contributed by atoms with Gasteiger partial charge in [0.25, 0.3) is 0 Å². The average Bonchev–Trinajstić information content (AvgIpc) is 2.36. The highest BCUT2D eigenvalue weighted by Crippen LogP contribution is 2.04. The van der Waals surface area contributed by atoms with E-state index >= 15 is 0 Å². The van der Waals surface area contributed by atoms with Crippen LogP contribution < -0.4 is 11.1 Å². The van der Waals surface area contributed by atoms with E-state index < -0.39 is 0 Å². The molecule has 1 aliphatic heterocycles. The van der Waals surface area contributed by atoms with Crippen LogP contribution in [0.1, 0.15) is 13.3 Å². The number of hydrogen-bond donors (Lipinski definition) is 2. The summed E-state index contributed by atoms with van der Waals surface area (Å²) < 4.78 is 0. The standard InChI is InChI=1S/C7H17N3/c1-2-7-9-4-6-10(7)5-3-8/h7,9H,2-6,8H2,1H3. The van der Waals surface area contributed by atoms with Gasteiger partial charge in [-0.25, -0.2) is 0 Å². The topological polar surface area (TPSA) is 41.3 Å². The van der Waals surface area contributed by atoms with Crippen LogP contribution in [-0.4, -0.2) is 37.2 Å². The molecule has 1 unspecified atom stereocenters. The third kappa shape index (κ3) is 1.68. The molecule has 3 heteroatoms. The first-order valence-electron chi connectivity index (χ1n) is 4.06. The fourth-order valence-electron chi connectivity index (χ4n) is 1.50. The van der Waals surface area contributed by atoms with Gasteiger partial charge in [-0.05, 0) is 6.42 Å². The third-order valence-corrected chi connectivity index (χ3v) is 2.02. The lowest BCUT2D eigenvalue weighted by Crippen LogP contribution is -2.37. The fourth-order valence-corrected chi connectivity index (χ4v) is 1.50. The van der Waals surface area contributed by atoms with Crippen molar-refractivity contribution < 1.29 is 0 Å². The zero-order valence-electron chi connectivity index (χ0n) is 6.64. The number of nitrogens with one attached hydrogen (secondary N) is 1. The highest BCUT2D eigenvalue weighted by molar-refractivity contribution is 4.76. The normalized spacial score (nSPS) is 27.6. The minimum atomic E-state index is 0.587. The molecule has 0 saturated carbocycles. The Morgan fingerprint density at radius 2 is 2.50 bits per heavy atom. The van der Waals surface area contributed by atoms with E-state index in [0.717, 1.165) is 26.2 Å². The van der Waals surface area contributed by atoms with Crippen molar-refractivity contribution in [1.82, 2.24) is 10.2 Å². The van der Waals surface area contributed by atoms with Crippen molar-refractivity contribution in [3.63, 3.8) is 0 Å². The molecule has 1 saturated heterocycles. The van der Waals surface area contributed by atoms with Gasteiger partial charge in [-0.15, -0.1) is 0 Å². The zero-order chi connectivity index (χ0) is 7.40. The second kappa shape index (κ2) is 3.91. The number of hydrogen-bond acceptors (Lipinski definition) is 3. The van der Waals surface area contributed by atoms with E-state index in [1.807, 2.05) is 0 Å². The second-order valence-electron chi connectivity index (χ2n) is 2.70. The smallest absolute Gasteiger partial charge is 0.0595 e. The van der Waals surface area contributed by atoms with Crippen LogP contribution >= 0.6 is 0 Å². The van der Waals surface area contributed by atoms with Crippen LogP contribution in [0.15, 0.2) is 0 Å². The summed E-state index contributed by atoms with van der Waals surface area (Å²) in [6, 6.07) is 0. The summed E-state index contributed by atoms with van der Waals surface area (Å²) in [4.78, 5) is 2.40. The van der Waals surface area contributed by atoms with Crippen LogP contribution in [0.4, 0.5) is 0 Å². The predicted molar refractivity (Wildman–Crippen MR) is 42.7 cm³/mol. The summed E-state index contributed by atoms with van der Waals surface area (Å²) in [6.07, 6.45) is 1.77. The number of nitrogens with zero attached hydrogens (tertiary/aromatic N) is 1. The van der Waals surface area contributed by atoms with Gasteiger partial charge < -0.3 is 11.1 Å². The van der Waals surface area contributed by atoms with Gasteiger partial charge in [0.1, 0.15) is 0 Å². The molecular weight excluding hydrogens is 126 g/mol. The Labute approximate surface area is 62.6 Å². The van der Waals surface area contributed by atoms with E-state index in [0.29, 0.717) is 6.17 Å². The molecule has 10 heavy (non-hydrogen) atoms. The Morgan fingerprint density at radius 3 is 3.10 bits per heavy atom. The molecule has 60 valence electrons. The summed E-state index contributed by atoms with van der Waals surface area (Å²) in [6.45, 7) is 6.30. The van der Waals surface area contributed by atoms with Crippen LogP contribution in [0.25, 0.3) is 0 Å². The van der Waals surface area contributed by atoms with Crippen LogP contribution in [-0.2, 0) is 0 Å². The molecule has 3 nitrogen and oxygen atoms in total. The van der Waals surface area contributed by atoms with Gasteiger partial charge in [0.15, 0.2) is 0 Å². The lowest BCUT2D eigenvalue weighted by atomic mass is 10.3. The minimum absolute atomic E-state index is 0.587. The molecule has 1 rings (SSSR count). The van der Waals surface area contributed by atoms with E-state index in [9.17, 15) is 0 Å². The maximum atomic E-state index is 5.46. The summed E-state index contributed by atoms with van der Waals surface area (Å²) in [5.74, 6) is 0. The van der Waals surface area contributed by atoms with Crippen molar-refractivity contribution in [3.05, 3.63) is 0 Å². The Balaban J connectivity index is 2.27. The summed E-state index contributed by atoms with van der Waals surface area (Å²) in [5.41, 5.74) is 5.46. The molecule has 0 radical (unpaired) electrons. The van der Waals surface area contributed by atoms with Crippen LogP contribution in [0.2, 0.25) is 0 Å². The first-order chi connectivity index (χ1) is 4.88. The fraction of sp³-hybridized carbons (Fsp3) is 1.00. The Hall–Kier alpha value is -0.120. The van der Waals surface area contributed by atoms with Gasteiger partial charge in [0.2, 0.25) is 0 Å². The van der Waals surface area contributed by atoms with Gasteiger partial charge in [-0.3, -0.25) is 4.90 Å². The predicted octanol–water partition coefficient (Wildman–Crippen LogP) is -0.414. The van der Waals surface area contributed by atoms with E-state index in [4.69, 9.17) is 5.73 Å². The molecular formula is C7H17N3. The van der Waals surface area contributed by atoms with E-state index in [-0.39, 0.29) is 0 Å². The molecule has 0 aliphatic carbocycles. The largest absolute Gasteiger partial charge is 0.329 e. The maximum Gasteiger partial charge on any atom is 0.0595 e. The molecule has 1 fully saturated rings. The quantitative estimate of drug-likeness (QED) is 0.564. The highest BCUT2D eigenvalue weighted by Gasteiger charge is 2.20. The van der Waals surface area contributed by atoms with Crippen LogP contribution in [0, 0.1) is 0 Å². The molecule has 0 aromatic carbocycles. The van der Waals surface area contributed by atoms with Gasteiger partial charge >= 0.3 is 0 Å². The monoisotopic (exact) mass is 143 g/mol. The number of nitrogens with two attached hydrogens (primary N) is 1. The molecule has 0 bridgehead atoms. The Bertz CT molecular complexity index is 94.9. The van der Waals surface area contributed by atoms with E-state index in [1.54, 1.807) is 0 Å². The van der Waals surface area contributed by atoms with Crippen molar-refractivity contribution >= 4 is 0 Å². The average molecular weight is 143 g/mol. The third-order valence-electron chi connectivity index (χ3n) is 2.02. The molecule has 0 aromatic rings. The maximum absolute atomic E-state index is 5.46. The van der Waals surface area contributed by atoms with Crippen molar-refractivity contribution in [2.24, 2.45) is 5.73 Å². The van der Waals surface area contributed by atoms with Crippen molar-refractivity contribution in [2.75, 3.05) is 26.2 Å². The summed E-state index contributed by atoms with van der Waals surface area (Å²) in [7, 11) is 0. The minimum Gasteiger partial charge on any atom is -0.329 e. The zero-order valence-corrected chi connectivity index (χ0v) is 6.64. The van der Waals surface area contributed by atoms with Crippen molar-refractivity contribution in [2.45, 2.75) is 19.5 Å². The Morgan fingerprint density at radius 1 is 1.70 bits per heavy atom. The van der Waals surface area contributed by atoms with E-state index in [1.165, 1.54) is 6.42 Å².